The van der Waals surface area contributed by atoms with Crippen LogP contribution in [0.4, 0.5) is 4.79 Å². The molecule has 2 saturated heterocycles. The minimum Gasteiger partial charge on any atom is -0.492 e. The fourth-order valence-electron chi connectivity index (χ4n) is 2.53. The second-order valence-corrected chi connectivity index (χ2v) is 5.27. The van der Waals surface area contributed by atoms with E-state index in [0.29, 0.717) is 6.61 Å². The van der Waals surface area contributed by atoms with Crippen LogP contribution in [-0.2, 0) is 9.53 Å². The van der Waals surface area contributed by atoms with E-state index in [1.807, 2.05) is 12.1 Å². The Labute approximate surface area is 128 Å². The third kappa shape index (κ3) is 3.55. The van der Waals surface area contributed by atoms with Crippen LogP contribution in [0.15, 0.2) is 24.3 Å². The highest BCUT2D eigenvalue weighted by atomic mass is 16.5. The highest BCUT2D eigenvalue weighted by Gasteiger charge is 2.30. The van der Waals surface area contributed by atoms with Gasteiger partial charge in [-0.1, -0.05) is 12.1 Å². The summed E-state index contributed by atoms with van der Waals surface area (Å²) in [5.41, 5.74) is 0.740. The molecule has 2 fully saturated rings. The van der Waals surface area contributed by atoms with E-state index in [0.717, 1.165) is 44.2 Å². The Balaban J connectivity index is 1.49. The molecule has 2 heterocycles. The zero-order chi connectivity index (χ0) is 15.4. The summed E-state index contributed by atoms with van der Waals surface area (Å²) in [5, 5.41) is 4.78. The zero-order valence-corrected chi connectivity index (χ0v) is 12.2. The van der Waals surface area contributed by atoms with Crippen molar-refractivity contribution < 1.29 is 19.1 Å². The van der Waals surface area contributed by atoms with Crippen LogP contribution >= 0.6 is 0 Å². The van der Waals surface area contributed by atoms with Crippen LogP contribution in [0.25, 0.3) is 0 Å². The molecular formula is C15H19N3O4. The van der Waals surface area contributed by atoms with Crippen molar-refractivity contribution in [1.82, 2.24) is 15.5 Å². The summed E-state index contributed by atoms with van der Waals surface area (Å²) >= 11 is 0. The molecule has 118 valence electrons. The minimum absolute atomic E-state index is 0.328. The number of morpholine rings is 1. The molecule has 1 aromatic carbocycles. The number of hydrogen-bond donors (Lipinski definition) is 2. The van der Waals surface area contributed by atoms with Crippen molar-refractivity contribution in [3.8, 4) is 5.75 Å². The summed E-state index contributed by atoms with van der Waals surface area (Å²) in [6, 6.07) is 6.13. The molecule has 0 saturated carbocycles. The molecule has 7 heteroatoms. The molecule has 2 N–H and O–H groups in total. The maximum Gasteiger partial charge on any atom is 0.322 e. The highest BCUT2D eigenvalue weighted by molar-refractivity contribution is 6.04. The summed E-state index contributed by atoms with van der Waals surface area (Å²) in [6.45, 7) is 4.93. The standard InChI is InChI=1S/C15H19N3O4/c19-14-13(16-15(20)17-14)11-1-3-12(4-2-11)22-10-7-18-5-8-21-9-6-18/h1-4,13H,5-10H2,(H2,16,17,19,20). The van der Waals surface area contributed by atoms with Crippen LogP contribution in [0.5, 0.6) is 5.75 Å². The van der Waals surface area contributed by atoms with Crippen molar-refractivity contribution in [2.45, 2.75) is 6.04 Å². The van der Waals surface area contributed by atoms with Gasteiger partial charge in [-0.15, -0.1) is 0 Å². The quantitative estimate of drug-likeness (QED) is 0.764. The number of amides is 3. The predicted molar refractivity (Wildman–Crippen MR) is 78.6 cm³/mol. The number of nitrogens with zero attached hydrogens (tertiary/aromatic N) is 1. The Morgan fingerprint density at radius 2 is 1.91 bits per heavy atom. The van der Waals surface area contributed by atoms with Gasteiger partial charge in [0.05, 0.1) is 13.2 Å². The molecule has 22 heavy (non-hydrogen) atoms. The summed E-state index contributed by atoms with van der Waals surface area (Å²) in [5.74, 6) is 0.424. The van der Waals surface area contributed by atoms with E-state index < -0.39 is 12.1 Å². The van der Waals surface area contributed by atoms with E-state index in [1.54, 1.807) is 12.1 Å². The first-order valence-electron chi connectivity index (χ1n) is 7.36. The lowest BCUT2D eigenvalue weighted by molar-refractivity contribution is -0.120. The predicted octanol–water partition coefficient (Wildman–Crippen LogP) is 0.278. The van der Waals surface area contributed by atoms with Gasteiger partial charge in [0, 0.05) is 19.6 Å². The Bertz CT molecular complexity index is 540. The first-order valence-corrected chi connectivity index (χ1v) is 7.36. The third-order valence-electron chi connectivity index (χ3n) is 3.77. The van der Waals surface area contributed by atoms with Crippen LogP contribution in [0, 0.1) is 0 Å². The summed E-state index contributed by atoms with van der Waals surface area (Å²) < 4.78 is 11.0. The molecule has 0 radical (unpaired) electrons. The number of urea groups is 1. The fraction of sp³-hybridized carbons (Fsp3) is 0.467. The Morgan fingerprint density at radius 1 is 1.18 bits per heavy atom. The van der Waals surface area contributed by atoms with Crippen molar-refractivity contribution in [3.05, 3.63) is 29.8 Å². The van der Waals surface area contributed by atoms with Crippen molar-refractivity contribution in [2.24, 2.45) is 0 Å². The van der Waals surface area contributed by atoms with Gasteiger partial charge in [-0.3, -0.25) is 15.0 Å². The summed E-state index contributed by atoms with van der Waals surface area (Å²) in [7, 11) is 0. The summed E-state index contributed by atoms with van der Waals surface area (Å²) in [4.78, 5) is 25.0. The number of benzene rings is 1. The van der Waals surface area contributed by atoms with Crippen LogP contribution in [0.3, 0.4) is 0 Å². The zero-order valence-electron chi connectivity index (χ0n) is 12.2. The molecule has 1 atom stereocenters. The van der Waals surface area contributed by atoms with Gasteiger partial charge >= 0.3 is 6.03 Å². The van der Waals surface area contributed by atoms with Gasteiger partial charge in [0.2, 0.25) is 0 Å². The highest BCUT2D eigenvalue weighted by Crippen LogP contribution is 2.20. The van der Waals surface area contributed by atoms with Crippen LogP contribution in [0.2, 0.25) is 0 Å². The van der Waals surface area contributed by atoms with Crippen molar-refractivity contribution >= 4 is 11.9 Å². The first-order chi connectivity index (χ1) is 10.7. The molecule has 1 aromatic rings. The van der Waals surface area contributed by atoms with E-state index in [4.69, 9.17) is 9.47 Å². The van der Waals surface area contributed by atoms with E-state index in [2.05, 4.69) is 15.5 Å². The van der Waals surface area contributed by atoms with E-state index in [-0.39, 0.29) is 5.91 Å². The Kier molecular flexibility index (Phi) is 4.55. The molecule has 7 nitrogen and oxygen atoms in total. The second kappa shape index (κ2) is 6.76. The number of hydrogen-bond acceptors (Lipinski definition) is 5. The van der Waals surface area contributed by atoms with Crippen LogP contribution < -0.4 is 15.4 Å². The maximum absolute atomic E-state index is 11.6. The second-order valence-electron chi connectivity index (χ2n) is 5.27. The minimum atomic E-state index is -0.616. The molecule has 0 bridgehead atoms. The average molecular weight is 305 g/mol. The molecule has 0 spiro atoms. The molecule has 2 aliphatic heterocycles. The molecular weight excluding hydrogens is 286 g/mol. The van der Waals surface area contributed by atoms with Crippen LogP contribution in [-0.4, -0.2) is 56.3 Å². The van der Waals surface area contributed by atoms with Gasteiger partial charge in [0.25, 0.3) is 5.91 Å². The largest absolute Gasteiger partial charge is 0.492 e. The lowest BCUT2D eigenvalue weighted by Gasteiger charge is -2.26. The third-order valence-corrected chi connectivity index (χ3v) is 3.77. The molecule has 3 rings (SSSR count). The number of nitrogens with one attached hydrogen (secondary N) is 2. The Hall–Kier alpha value is -2.12. The molecule has 2 aliphatic rings. The molecule has 0 aromatic heterocycles. The smallest absolute Gasteiger partial charge is 0.322 e. The van der Waals surface area contributed by atoms with Crippen LogP contribution in [0.1, 0.15) is 11.6 Å². The normalized spacial score (nSPS) is 22.3. The molecule has 1 unspecified atom stereocenters. The Morgan fingerprint density at radius 3 is 2.55 bits per heavy atom. The molecule has 0 aliphatic carbocycles. The van der Waals surface area contributed by atoms with Crippen molar-refractivity contribution in [3.63, 3.8) is 0 Å². The van der Waals surface area contributed by atoms with E-state index in [9.17, 15) is 9.59 Å². The number of rotatable bonds is 5. The van der Waals surface area contributed by atoms with E-state index in [1.165, 1.54) is 0 Å². The SMILES string of the molecule is O=C1NC(=O)C(c2ccc(OCCN3CCOCC3)cc2)N1. The number of carbonyl (C=O) groups excluding carboxylic acids is 2. The lowest BCUT2D eigenvalue weighted by Crippen LogP contribution is -2.38. The average Bonchev–Trinajstić information content (AvgIpc) is 2.88. The van der Waals surface area contributed by atoms with Gasteiger partial charge in [-0.05, 0) is 17.7 Å². The summed E-state index contributed by atoms with van der Waals surface area (Å²) in [6.07, 6.45) is 0. The van der Waals surface area contributed by atoms with Crippen molar-refractivity contribution in [2.75, 3.05) is 39.5 Å². The topological polar surface area (TPSA) is 79.9 Å². The van der Waals surface area contributed by atoms with Gasteiger partial charge in [-0.2, -0.15) is 0 Å². The number of imide groups is 1. The van der Waals surface area contributed by atoms with Gasteiger partial charge in [-0.25, -0.2) is 4.79 Å². The van der Waals surface area contributed by atoms with Gasteiger partial charge in [0.15, 0.2) is 0 Å². The van der Waals surface area contributed by atoms with Crippen molar-refractivity contribution in [1.29, 1.82) is 0 Å². The maximum atomic E-state index is 11.6. The van der Waals surface area contributed by atoms with Gasteiger partial charge in [0.1, 0.15) is 18.4 Å². The number of carbonyl (C=O) groups is 2. The number of ether oxygens (including phenoxy) is 2. The van der Waals surface area contributed by atoms with E-state index >= 15 is 0 Å². The first kappa shape index (κ1) is 14.8. The lowest BCUT2D eigenvalue weighted by atomic mass is 10.1. The van der Waals surface area contributed by atoms with Gasteiger partial charge < -0.3 is 14.8 Å². The molecule has 3 amide bonds. The monoisotopic (exact) mass is 305 g/mol. The fourth-order valence-corrected chi connectivity index (χ4v) is 2.53.